The summed E-state index contributed by atoms with van der Waals surface area (Å²) in [5, 5.41) is 9.21. The molecule has 0 fully saturated rings. The van der Waals surface area contributed by atoms with Gasteiger partial charge in [-0.05, 0) is 47.5 Å². The Balaban J connectivity index is 0.00000320. The second-order valence-corrected chi connectivity index (χ2v) is 8.47. The van der Waals surface area contributed by atoms with Crippen molar-refractivity contribution < 1.29 is 0 Å². The second kappa shape index (κ2) is 11.3. The number of hydrogen-bond acceptors (Lipinski definition) is 4. The fourth-order valence-corrected chi connectivity index (χ4v) is 2.81. The third-order valence-corrected chi connectivity index (χ3v) is 4.83. The summed E-state index contributed by atoms with van der Waals surface area (Å²) in [6, 6.07) is 15.3. The Morgan fingerprint density at radius 2 is 1.47 bits per heavy atom. The number of hydrogen-bond donors (Lipinski definition) is 2. The van der Waals surface area contributed by atoms with E-state index in [4.69, 9.17) is 23.2 Å². The first kappa shape index (κ1) is 24.2. The first-order valence-electron chi connectivity index (χ1n) is 9.39. The molecule has 1 aliphatic rings. The topological polar surface area (TPSA) is 48.8 Å². The minimum atomic E-state index is 0. The van der Waals surface area contributed by atoms with Gasteiger partial charge in [-0.25, -0.2) is 5.43 Å². The van der Waals surface area contributed by atoms with Crippen LogP contribution in [0.25, 0.3) is 12.2 Å². The van der Waals surface area contributed by atoms with E-state index in [0.717, 1.165) is 29.9 Å². The van der Waals surface area contributed by atoms with Crippen molar-refractivity contribution in [3.05, 3.63) is 81.9 Å². The lowest BCUT2D eigenvalue weighted by Gasteiger charge is -2.28. The standard InChI is InChI=1S/C23H24Cl2N4.BrH/c1-23(2)15-26-22(27-16-23)29-28-21(13-7-17-3-9-19(24)10-4-17)14-8-18-5-11-20(25)12-6-18;/h3-14H,15-16H2,1-2H3,(H2,26,27,29);1H/b13-7+,14-8+;. The van der Waals surface area contributed by atoms with Gasteiger partial charge in [-0.1, -0.05) is 73.5 Å². The van der Waals surface area contributed by atoms with Crippen LogP contribution in [0.4, 0.5) is 0 Å². The number of nitrogens with zero attached hydrogens (tertiary/aromatic N) is 2. The van der Waals surface area contributed by atoms with Crippen molar-refractivity contribution in [3.8, 4) is 0 Å². The zero-order chi connectivity index (χ0) is 20.7. The van der Waals surface area contributed by atoms with Gasteiger partial charge >= 0.3 is 0 Å². The van der Waals surface area contributed by atoms with Crippen LogP contribution < -0.4 is 10.7 Å². The van der Waals surface area contributed by atoms with E-state index in [9.17, 15) is 0 Å². The number of nitrogens with one attached hydrogen (secondary N) is 2. The van der Waals surface area contributed by atoms with E-state index in [1.807, 2.05) is 72.8 Å². The van der Waals surface area contributed by atoms with Gasteiger partial charge < -0.3 is 5.32 Å². The van der Waals surface area contributed by atoms with E-state index < -0.39 is 0 Å². The number of halogens is 3. The summed E-state index contributed by atoms with van der Waals surface area (Å²) in [6.07, 6.45) is 7.86. The van der Waals surface area contributed by atoms with Crippen LogP contribution >= 0.6 is 40.2 Å². The molecule has 2 N–H and O–H groups in total. The molecule has 0 bridgehead atoms. The molecule has 1 aliphatic heterocycles. The zero-order valence-corrected chi connectivity index (χ0v) is 20.1. The lowest BCUT2D eigenvalue weighted by atomic mass is 9.93. The Morgan fingerprint density at radius 3 is 1.90 bits per heavy atom. The molecule has 4 nitrogen and oxygen atoms in total. The first-order chi connectivity index (χ1) is 13.9. The Kier molecular flexibility index (Phi) is 9.15. The maximum Gasteiger partial charge on any atom is 0.212 e. The van der Waals surface area contributed by atoms with Crippen molar-refractivity contribution in [1.29, 1.82) is 0 Å². The van der Waals surface area contributed by atoms with Gasteiger partial charge in [0.15, 0.2) is 0 Å². The molecule has 1 heterocycles. The highest BCUT2D eigenvalue weighted by Gasteiger charge is 2.21. The first-order valence-corrected chi connectivity index (χ1v) is 10.1. The Hall–Kier alpha value is -2.08. The van der Waals surface area contributed by atoms with Crippen LogP contribution in [0.3, 0.4) is 0 Å². The van der Waals surface area contributed by atoms with Crippen molar-refractivity contribution >= 4 is 64.0 Å². The van der Waals surface area contributed by atoms with Crippen LogP contribution in [0.1, 0.15) is 25.0 Å². The van der Waals surface area contributed by atoms with Crippen molar-refractivity contribution in [3.63, 3.8) is 0 Å². The van der Waals surface area contributed by atoms with Crippen LogP contribution in [0.15, 0.2) is 70.8 Å². The number of allylic oxidation sites excluding steroid dienone is 2. The number of rotatable bonds is 5. The largest absolute Gasteiger partial charge is 0.354 e. The van der Waals surface area contributed by atoms with E-state index in [1.165, 1.54) is 0 Å². The van der Waals surface area contributed by atoms with Gasteiger partial charge in [-0.15, -0.1) is 17.0 Å². The molecule has 0 atom stereocenters. The number of aliphatic imine (C=N–C) groups is 1. The molecule has 158 valence electrons. The van der Waals surface area contributed by atoms with Crippen LogP contribution in [0.5, 0.6) is 0 Å². The lowest BCUT2D eigenvalue weighted by Crippen LogP contribution is -2.46. The van der Waals surface area contributed by atoms with Crippen molar-refractivity contribution in [1.82, 2.24) is 10.7 Å². The highest BCUT2D eigenvalue weighted by atomic mass is 79.9. The third-order valence-electron chi connectivity index (χ3n) is 4.32. The van der Waals surface area contributed by atoms with Gasteiger partial charge in [-0.2, -0.15) is 5.10 Å². The molecule has 0 spiro atoms. The number of benzene rings is 2. The monoisotopic (exact) mass is 506 g/mol. The molecule has 3 rings (SSSR count). The molecule has 0 unspecified atom stereocenters. The molecule has 0 aliphatic carbocycles. The van der Waals surface area contributed by atoms with Crippen LogP contribution in [-0.2, 0) is 0 Å². The lowest BCUT2D eigenvalue weighted by molar-refractivity contribution is 0.358. The minimum absolute atomic E-state index is 0. The SMILES string of the molecule is Br.CC1(C)CN=C(NN=C(/C=C/c2ccc(Cl)cc2)/C=C/c2ccc(Cl)cc2)NC1. The Morgan fingerprint density at radius 1 is 0.967 bits per heavy atom. The van der Waals surface area contributed by atoms with E-state index in [1.54, 1.807) is 0 Å². The fourth-order valence-electron chi connectivity index (χ4n) is 2.56. The molecule has 0 aromatic heterocycles. The van der Waals surface area contributed by atoms with E-state index in [-0.39, 0.29) is 22.4 Å². The minimum Gasteiger partial charge on any atom is -0.354 e. The molecular formula is C23H25BrCl2N4. The summed E-state index contributed by atoms with van der Waals surface area (Å²) < 4.78 is 0. The second-order valence-electron chi connectivity index (χ2n) is 7.60. The van der Waals surface area contributed by atoms with E-state index in [2.05, 4.69) is 34.7 Å². The van der Waals surface area contributed by atoms with Gasteiger partial charge in [0.05, 0.1) is 5.71 Å². The molecule has 2 aromatic carbocycles. The summed E-state index contributed by atoms with van der Waals surface area (Å²) in [4.78, 5) is 4.52. The summed E-state index contributed by atoms with van der Waals surface area (Å²) in [5.41, 5.74) is 6.02. The highest BCUT2D eigenvalue weighted by Crippen LogP contribution is 2.16. The predicted molar refractivity (Wildman–Crippen MR) is 136 cm³/mol. The van der Waals surface area contributed by atoms with Gasteiger partial charge in [0.25, 0.3) is 0 Å². The predicted octanol–water partition coefficient (Wildman–Crippen LogP) is 6.23. The zero-order valence-electron chi connectivity index (χ0n) is 16.9. The van der Waals surface area contributed by atoms with Gasteiger partial charge in [0.1, 0.15) is 0 Å². The average Bonchev–Trinajstić information content (AvgIpc) is 2.71. The van der Waals surface area contributed by atoms with Crippen molar-refractivity contribution in [2.45, 2.75) is 13.8 Å². The van der Waals surface area contributed by atoms with Gasteiger partial charge in [0, 0.05) is 28.5 Å². The summed E-state index contributed by atoms with van der Waals surface area (Å²) >= 11 is 11.9. The molecular weight excluding hydrogens is 483 g/mol. The molecule has 30 heavy (non-hydrogen) atoms. The Bertz CT molecular complexity index is 889. The highest BCUT2D eigenvalue weighted by molar-refractivity contribution is 8.93. The molecule has 0 amide bonds. The van der Waals surface area contributed by atoms with Crippen molar-refractivity contribution in [2.75, 3.05) is 13.1 Å². The maximum absolute atomic E-state index is 5.96. The third kappa shape index (κ3) is 7.98. The summed E-state index contributed by atoms with van der Waals surface area (Å²) in [7, 11) is 0. The van der Waals surface area contributed by atoms with Crippen LogP contribution in [0, 0.1) is 5.41 Å². The molecule has 0 saturated heterocycles. The van der Waals surface area contributed by atoms with Crippen LogP contribution in [-0.4, -0.2) is 24.8 Å². The molecule has 0 radical (unpaired) electrons. The maximum atomic E-state index is 5.96. The number of guanidine groups is 1. The smallest absolute Gasteiger partial charge is 0.212 e. The van der Waals surface area contributed by atoms with Crippen molar-refractivity contribution in [2.24, 2.45) is 15.5 Å². The van der Waals surface area contributed by atoms with Crippen LogP contribution in [0.2, 0.25) is 10.0 Å². The fraction of sp³-hybridized carbons (Fsp3) is 0.217. The number of hydrazone groups is 1. The average molecular weight is 508 g/mol. The van der Waals surface area contributed by atoms with E-state index >= 15 is 0 Å². The quantitative estimate of drug-likeness (QED) is 0.372. The van der Waals surface area contributed by atoms with Gasteiger partial charge in [-0.3, -0.25) is 4.99 Å². The molecule has 7 heteroatoms. The summed E-state index contributed by atoms with van der Waals surface area (Å²) in [5.74, 6) is 0.682. The molecule has 2 aromatic rings. The van der Waals surface area contributed by atoms with E-state index in [0.29, 0.717) is 16.0 Å². The normalized spacial score (nSPS) is 15.3. The Labute approximate surface area is 198 Å². The van der Waals surface area contributed by atoms with Gasteiger partial charge in [0.2, 0.25) is 5.96 Å². The molecule has 0 saturated carbocycles. The summed E-state index contributed by atoms with van der Waals surface area (Å²) in [6.45, 7) is 5.97.